The molecule has 7 N–H and O–H groups in total. The lowest BCUT2D eigenvalue weighted by Crippen LogP contribution is -2.61. The molecule has 0 spiro atoms. The van der Waals surface area contributed by atoms with Crippen LogP contribution >= 0.6 is 0 Å². The standard InChI is InChI=1S/C52H86O14/c1-3-5-7-9-11-13-15-16-17-18-19-20-21-22-23-24-25-27-29-31-33-35-44(54)64-41(38-61-36-34-32-30-28-26-14-12-10-8-6-4-2)39-62-51-50(60)48(58)46(56)43(66-51)40-63-52-49(59)47(57)45(55)42(37-53)65-52/h5,7-8,10-11,13,16-17,19-20,22-23,25,27,41-43,45-53,55-60H,3-4,6,9,12,14-15,18,21,24,26,28-40H2,1-2H3/b7-5-,10-8-,13-11-,17-16-,20-19-,23-22-,27-25-. The number of unbranched alkanes of at least 4 members (excludes halogenated alkanes) is 9. The van der Waals surface area contributed by atoms with Crippen molar-refractivity contribution in [1.29, 1.82) is 0 Å². The van der Waals surface area contributed by atoms with Gasteiger partial charge in [-0.3, -0.25) is 4.79 Å². The predicted octanol–water partition coefficient (Wildman–Crippen LogP) is 6.90. The largest absolute Gasteiger partial charge is 0.457 e. The zero-order chi connectivity index (χ0) is 48.0. The SMILES string of the molecule is CC/C=C\C/C=C\C/C=C\C/C=C\C/C=C\C/C=C\CCCCC(=O)OC(COCCCCCCCC/C=C\CCC)COC1OC(COC2OC(CO)C(O)C(O)C2O)C(O)C(O)C1O. The minimum Gasteiger partial charge on any atom is -0.457 e. The summed E-state index contributed by atoms with van der Waals surface area (Å²) in [5.74, 6) is -0.425. The number of aliphatic hydroxyl groups is 7. The maximum atomic E-state index is 13.0. The molecule has 2 aliphatic rings. The fourth-order valence-electron chi connectivity index (χ4n) is 7.11. The van der Waals surface area contributed by atoms with E-state index in [4.69, 9.17) is 28.4 Å². The highest BCUT2D eigenvalue weighted by Crippen LogP contribution is 2.26. The molecule has 0 radical (unpaired) electrons. The van der Waals surface area contributed by atoms with Crippen LogP contribution in [-0.4, -0.2) is 142 Å². The highest BCUT2D eigenvalue weighted by Gasteiger charge is 2.47. The molecule has 378 valence electrons. The molecular weight excluding hydrogens is 849 g/mol. The number of esters is 1. The molecular formula is C52H86O14. The quantitative estimate of drug-likeness (QED) is 0.0192. The highest BCUT2D eigenvalue weighted by atomic mass is 16.7. The summed E-state index contributed by atoms with van der Waals surface area (Å²) in [4.78, 5) is 13.0. The molecule has 2 rings (SSSR count). The van der Waals surface area contributed by atoms with Crippen molar-refractivity contribution in [3.05, 3.63) is 85.1 Å². The number of hydrogen-bond donors (Lipinski definition) is 7. The first-order valence-corrected chi connectivity index (χ1v) is 24.7. The number of hydrogen-bond acceptors (Lipinski definition) is 14. The Kier molecular flexibility index (Phi) is 35.1. The Morgan fingerprint density at radius 1 is 0.515 bits per heavy atom. The molecule has 2 fully saturated rings. The smallest absolute Gasteiger partial charge is 0.306 e. The third-order valence-corrected chi connectivity index (χ3v) is 11.1. The first kappa shape index (κ1) is 59.3. The van der Waals surface area contributed by atoms with Crippen molar-refractivity contribution in [1.82, 2.24) is 0 Å². The predicted molar refractivity (Wildman–Crippen MR) is 256 cm³/mol. The van der Waals surface area contributed by atoms with Gasteiger partial charge in [0, 0.05) is 13.0 Å². The van der Waals surface area contributed by atoms with Crippen LogP contribution < -0.4 is 0 Å². The third-order valence-electron chi connectivity index (χ3n) is 11.1. The molecule has 11 atom stereocenters. The van der Waals surface area contributed by atoms with Gasteiger partial charge in [-0.05, 0) is 83.5 Å². The molecule has 0 aromatic carbocycles. The molecule has 14 nitrogen and oxygen atoms in total. The van der Waals surface area contributed by atoms with Gasteiger partial charge in [-0.2, -0.15) is 0 Å². The minimum absolute atomic E-state index is 0.0337. The second-order valence-corrected chi connectivity index (χ2v) is 16.9. The number of carbonyl (C=O) groups excluding carboxylic acids is 1. The maximum absolute atomic E-state index is 13.0. The van der Waals surface area contributed by atoms with Crippen LogP contribution in [0.4, 0.5) is 0 Å². The second-order valence-electron chi connectivity index (χ2n) is 16.9. The van der Waals surface area contributed by atoms with Crippen molar-refractivity contribution in [2.24, 2.45) is 0 Å². The van der Waals surface area contributed by atoms with Crippen molar-refractivity contribution >= 4 is 5.97 Å². The van der Waals surface area contributed by atoms with Crippen LogP contribution in [0.15, 0.2) is 85.1 Å². The van der Waals surface area contributed by atoms with E-state index in [0.717, 1.165) is 89.9 Å². The number of ether oxygens (including phenoxy) is 6. The molecule has 14 heteroatoms. The molecule has 2 aliphatic heterocycles. The average molecular weight is 935 g/mol. The number of aliphatic hydroxyl groups excluding tert-OH is 7. The van der Waals surface area contributed by atoms with Gasteiger partial charge in [0.25, 0.3) is 0 Å². The first-order chi connectivity index (χ1) is 32.1. The summed E-state index contributed by atoms with van der Waals surface area (Å²) in [6.45, 7) is 3.41. The lowest BCUT2D eigenvalue weighted by Gasteiger charge is -2.42. The van der Waals surface area contributed by atoms with Crippen LogP contribution in [-0.2, 0) is 33.2 Å². The summed E-state index contributed by atoms with van der Waals surface area (Å²) < 4.78 is 34.1. The van der Waals surface area contributed by atoms with E-state index in [1.54, 1.807) is 0 Å². The molecule has 0 aliphatic carbocycles. The molecule has 0 saturated carbocycles. The zero-order valence-electron chi connectivity index (χ0n) is 39.9. The summed E-state index contributed by atoms with van der Waals surface area (Å²) in [6, 6.07) is 0. The Bertz CT molecular complexity index is 1410. The van der Waals surface area contributed by atoms with Gasteiger partial charge in [0.1, 0.15) is 54.9 Å². The van der Waals surface area contributed by atoms with Crippen LogP contribution in [0.2, 0.25) is 0 Å². The zero-order valence-corrected chi connectivity index (χ0v) is 39.9. The van der Waals surface area contributed by atoms with Gasteiger partial charge >= 0.3 is 5.97 Å². The van der Waals surface area contributed by atoms with E-state index in [1.165, 1.54) is 19.3 Å². The van der Waals surface area contributed by atoms with E-state index in [0.29, 0.717) is 13.0 Å². The number of allylic oxidation sites excluding steroid dienone is 14. The van der Waals surface area contributed by atoms with Crippen molar-refractivity contribution in [3.63, 3.8) is 0 Å². The van der Waals surface area contributed by atoms with E-state index in [2.05, 4.69) is 98.9 Å². The van der Waals surface area contributed by atoms with Crippen LogP contribution in [0, 0.1) is 0 Å². The fraction of sp³-hybridized carbons (Fsp3) is 0.712. The topological polar surface area (TPSA) is 214 Å². The summed E-state index contributed by atoms with van der Waals surface area (Å²) in [6.07, 6.45) is 32.2. The van der Waals surface area contributed by atoms with Crippen LogP contribution in [0.1, 0.15) is 136 Å². The fourth-order valence-corrected chi connectivity index (χ4v) is 7.11. The summed E-state index contributed by atoms with van der Waals surface area (Å²) in [7, 11) is 0. The summed E-state index contributed by atoms with van der Waals surface area (Å²) >= 11 is 0. The van der Waals surface area contributed by atoms with Gasteiger partial charge in [-0.15, -0.1) is 0 Å². The average Bonchev–Trinajstić information content (AvgIpc) is 3.31. The molecule has 0 bridgehead atoms. The Labute approximate surface area is 395 Å². The Balaban J connectivity index is 1.80. The monoisotopic (exact) mass is 935 g/mol. The number of rotatable bonds is 37. The normalized spacial score (nSPS) is 27.0. The molecule has 2 heterocycles. The number of carbonyl (C=O) groups is 1. The molecule has 0 aromatic rings. The van der Waals surface area contributed by atoms with Gasteiger partial charge in [0.15, 0.2) is 12.6 Å². The van der Waals surface area contributed by atoms with E-state index < -0.39 is 86.7 Å². The minimum atomic E-state index is -1.72. The van der Waals surface area contributed by atoms with Crippen LogP contribution in [0.3, 0.4) is 0 Å². The van der Waals surface area contributed by atoms with E-state index >= 15 is 0 Å². The first-order valence-electron chi connectivity index (χ1n) is 24.7. The molecule has 11 unspecified atom stereocenters. The Morgan fingerprint density at radius 3 is 1.56 bits per heavy atom. The molecule has 66 heavy (non-hydrogen) atoms. The van der Waals surface area contributed by atoms with Crippen molar-refractivity contribution in [3.8, 4) is 0 Å². The molecule has 0 amide bonds. The van der Waals surface area contributed by atoms with Crippen molar-refractivity contribution in [2.45, 2.75) is 203 Å². The van der Waals surface area contributed by atoms with Gasteiger partial charge in [0.2, 0.25) is 0 Å². The second kappa shape index (κ2) is 39.1. The summed E-state index contributed by atoms with van der Waals surface area (Å²) in [5.41, 5.74) is 0. The van der Waals surface area contributed by atoms with Crippen LogP contribution in [0.25, 0.3) is 0 Å². The highest BCUT2D eigenvalue weighted by molar-refractivity contribution is 5.69. The third kappa shape index (κ3) is 26.6. The van der Waals surface area contributed by atoms with Crippen molar-refractivity contribution in [2.75, 3.05) is 33.0 Å². The Hall–Kier alpha value is -2.83. The summed E-state index contributed by atoms with van der Waals surface area (Å²) in [5, 5.41) is 72.0. The molecule has 2 saturated heterocycles. The van der Waals surface area contributed by atoms with Crippen LogP contribution in [0.5, 0.6) is 0 Å². The van der Waals surface area contributed by atoms with Gasteiger partial charge in [-0.25, -0.2) is 0 Å². The lowest BCUT2D eigenvalue weighted by molar-refractivity contribution is -0.332. The van der Waals surface area contributed by atoms with E-state index in [9.17, 15) is 40.5 Å². The van der Waals surface area contributed by atoms with Gasteiger partial charge in [0.05, 0.1) is 26.4 Å². The van der Waals surface area contributed by atoms with Gasteiger partial charge in [-0.1, -0.05) is 131 Å². The van der Waals surface area contributed by atoms with Gasteiger partial charge < -0.3 is 64.2 Å². The van der Waals surface area contributed by atoms with E-state index in [-0.39, 0.29) is 19.6 Å². The maximum Gasteiger partial charge on any atom is 0.306 e. The Morgan fingerprint density at radius 2 is 0.985 bits per heavy atom. The lowest BCUT2D eigenvalue weighted by atomic mass is 9.98. The molecule has 0 aromatic heterocycles. The van der Waals surface area contributed by atoms with E-state index in [1.807, 2.05) is 0 Å². The van der Waals surface area contributed by atoms with Crippen molar-refractivity contribution < 1.29 is 69.0 Å².